The Kier molecular flexibility index (Phi) is 3.26. The molecule has 3 rings (SSSR count). The van der Waals surface area contributed by atoms with E-state index in [1.807, 2.05) is 6.07 Å². The molecule has 0 radical (unpaired) electrons. The third kappa shape index (κ3) is 2.01. The lowest BCUT2D eigenvalue weighted by Gasteiger charge is -2.25. The standard InChI is InChI=1S/C13H17BrN4/c14-9-6-7-12-11(8-9)16-13(17-15)18(12)10-4-2-1-3-5-10/h6-8,10H,1-5,15H2,(H,16,17). The molecule has 2 aromatic rings. The van der Waals surface area contributed by atoms with Crippen molar-refractivity contribution in [3.63, 3.8) is 0 Å². The second-order valence-electron chi connectivity index (χ2n) is 4.87. The van der Waals surface area contributed by atoms with E-state index in [0.717, 1.165) is 21.5 Å². The molecule has 5 heteroatoms. The number of halogens is 1. The predicted molar refractivity (Wildman–Crippen MR) is 77.4 cm³/mol. The van der Waals surface area contributed by atoms with Crippen molar-refractivity contribution < 1.29 is 0 Å². The second kappa shape index (κ2) is 4.90. The van der Waals surface area contributed by atoms with Crippen LogP contribution in [0.15, 0.2) is 22.7 Å². The van der Waals surface area contributed by atoms with E-state index in [4.69, 9.17) is 5.84 Å². The van der Waals surface area contributed by atoms with Gasteiger partial charge in [-0.1, -0.05) is 35.2 Å². The molecule has 96 valence electrons. The summed E-state index contributed by atoms with van der Waals surface area (Å²) in [6.07, 6.45) is 6.38. The van der Waals surface area contributed by atoms with Crippen LogP contribution in [0.4, 0.5) is 5.95 Å². The first-order valence-corrected chi connectivity index (χ1v) is 7.23. The summed E-state index contributed by atoms with van der Waals surface area (Å²) in [5.74, 6) is 6.39. The van der Waals surface area contributed by atoms with Crippen LogP contribution in [0.5, 0.6) is 0 Å². The van der Waals surface area contributed by atoms with Crippen molar-refractivity contribution >= 4 is 32.9 Å². The highest BCUT2D eigenvalue weighted by Crippen LogP contribution is 2.34. The fraction of sp³-hybridized carbons (Fsp3) is 0.462. The summed E-state index contributed by atoms with van der Waals surface area (Å²) in [5.41, 5.74) is 4.89. The molecule has 0 saturated heterocycles. The summed E-state index contributed by atoms with van der Waals surface area (Å²) in [7, 11) is 0. The van der Waals surface area contributed by atoms with Gasteiger partial charge in [0, 0.05) is 10.5 Å². The SMILES string of the molecule is NNc1nc2cc(Br)ccc2n1C1CCCCC1. The number of nitrogens with two attached hydrogens (primary N) is 1. The largest absolute Gasteiger partial charge is 0.306 e. The van der Waals surface area contributed by atoms with E-state index < -0.39 is 0 Å². The highest BCUT2D eigenvalue weighted by molar-refractivity contribution is 9.10. The number of hydrogen-bond acceptors (Lipinski definition) is 3. The average Bonchev–Trinajstić information content (AvgIpc) is 2.77. The average molecular weight is 309 g/mol. The van der Waals surface area contributed by atoms with Gasteiger partial charge in [0.25, 0.3) is 0 Å². The minimum absolute atomic E-state index is 0.524. The van der Waals surface area contributed by atoms with Gasteiger partial charge in [-0.3, -0.25) is 5.43 Å². The van der Waals surface area contributed by atoms with Crippen molar-refractivity contribution in [3.8, 4) is 0 Å². The van der Waals surface area contributed by atoms with Crippen LogP contribution in [0.25, 0.3) is 11.0 Å². The maximum absolute atomic E-state index is 5.61. The van der Waals surface area contributed by atoms with Crippen LogP contribution < -0.4 is 11.3 Å². The molecule has 1 aliphatic carbocycles. The molecule has 1 heterocycles. The zero-order valence-electron chi connectivity index (χ0n) is 10.2. The zero-order chi connectivity index (χ0) is 12.5. The Bertz CT molecular complexity index is 557. The van der Waals surface area contributed by atoms with Crippen LogP contribution in [0.3, 0.4) is 0 Å². The van der Waals surface area contributed by atoms with Crippen LogP contribution in [-0.2, 0) is 0 Å². The molecule has 0 atom stereocenters. The predicted octanol–water partition coefficient (Wildman–Crippen LogP) is 3.59. The van der Waals surface area contributed by atoms with Crippen LogP contribution in [0, 0.1) is 0 Å². The number of fused-ring (bicyclic) bond motifs is 1. The molecule has 0 spiro atoms. The molecule has 1 aromatic heterocycles. The Labute approximate surface area is 115 Å². The third-order valence-corrected chi connectivity index (χ3v) is 4.21. The van der Waals surface area contributed by atoms with Crippen molar-refractivity contribution in [2.75, 3.05) is 5.43 Å². The highest BCUT2D eigenvalue weighted by atomic mass is 79.9. The monoisotopic (exact) mass is 308 g/mol. The molecule has 0 aliphatic heterocycles. The summed E-state index contributed by atoms with van der Waals surface area (Å²) in [6, 6.07) is 6.73. The summed E-state index contributed by atoms with van der Waals surface area (Å²) in [6.45, 7) is 0. The third-order valence-electron chi connectivity index (χ3n) is 3.72. The normalized spacial score (nSPS) is 17.2. The smallest absolute Gasteiger partial charge is 0.218 e. The van der Waals surface area contributed by atoms with Gasteiger partial charge in [-0.05, 0) is 31.0 Å². The van der Waals surface area contributed by atoms with Crippen LogP contribution in [0.2, 0.25) is 0 Å². The van der Waals surface area contributed by atoms with E-state index in [1.54, 1.807) is 0 Å². The molecule has 1 aliphatic rings. The van der Waals surface area contributed by atoms with Crippen molar-refractivity contribution in [2.24, 2.45) is 5.84 Å². The molecular weight excluding hydrogens is 292 g/mol. The number of nitrogens with zero attached hydrogens (tertiary/aromatic N) is 2. The molecule has 0 unspecified atom stereocenters. The maximum atomic E-state index is 5.61. The molecular formula is C13H17BrN4. The van der Waals surface area contributed by atoms with Crippen LogP contribution >= 0.6 is 15.9 Å². The number of rotatable bonds is 2. The Morgan fingerprint density at radius 3 is 2.78 bits per heavy atom. The molecule has 4 nitrogen and oxygen atoms in total. The lowest BCUT2D eigenvalue weighted by atomic mass is 9.95. The van der Waals surface area contributed by atoms with Crippen molar-refractivity contribution in [2.45, 2.75) is 38.1 Å². The number of aromatic nitrogens is 2. The van der Waals surface area contributed by atoms with Gasteiger partial charge in [0.2, 0.25) is 5.95 Å². The van der Waals surface area contributed by atoms with E-state index in [0.29, 0.717) is 6.04 Å². The van der Waals surface area contributed by atoms with Gasteiger partial charge in [-0.15, -0.1) is 0 Å². The molecule has 3 N–H and O–H groups in total. The number of imidazole rings is 1. The Morgan fingerprint density at radius 2 is 2.06 bits per heavy atom. The van der Waals surface area contributed by atoms with Crippen molar-refractivity contribution in [3.05, 3.63) is 22.7 Å². The second-order valence-corrected chi connectivity index (χ2v) is 5.79. The number of benzene rings is 1. The number of nitrogen functional groups attached to an aromatic ring is 1. The maximum Gasteiger partial charge on any atom is 0.218 e. The van der Waals surface area contributed by atoms with Gasteiger partial charge < -0.3 is 4.57 Å². The first-order chi connectivity index (χ1) is 8.79. The van der Waals surface area contributed by atoms with Gasteiger partial charge in [0.1, 0.15) is 0 Å². The fourth-order valence-electron chi connectivity index (χ4n) is 2.88. The molecule has 1 saturated carbocycles. The summed E-state index contributed by atoms with van der Waals surface area (Å²) in [4.78, 5) is 4.56. The quantitative estimate of drug-likeness (QED) is 0.658. The Balaban J connectivity index is 2.12. The first kappa shape index (κ1) is 12.0. The molecule has 0 bridgehead atoms. The summed E-state index contributed by atoms with van der Waals surface area (Å²) in [5, 5.41) is 0. The highest BCUT2D eigenvalue weighted by Gasteiger charge is 2.21. The number of hydrazine groups is 1. The Morgan fingerprint density at radius 1 is 1.28 bits per heavy atom. The summed E-state index contributed by atoms with van der Waals surface area (Å²) >= 11 is 3.48. The van der Waals surface area contributed by atoms with Gasteiger partial charge in [0.05, 0.1) is 11.0 Å². The molecule has 1 fully saturated rings. The van der Waals surface area contributed by atoms with Crippen molar-refractivity contribution in [1.29, 1.82) is 0 Å². The lowest BCUT2D eigenvalue weighted by Crippen LogP contribution is -2.18. The van der Waals surface area contributed by atoms with Gasteiger partial charge in [-0.2, -0.15) is 0 Å². The molecule has 0 amide bonds. The minimum Gasteiger partial charge on any atom is -0.306 e. The minimum atomic E-state index is 0.524. The lowest BCUT2D eigenvalue weighted by molar-refractivity contribution is 0.362. The van der Waals surface area contributed by atoms with E-state index in [9.17, 15) is 0 Å². The van der Waals surface area contributed by atoms with Gasteiger partial charge >= 0.3 is 0 Å². The number of hydrogen-bond donors (Lipinski definition) is 2. The van der Waals surface area contributed by atoms with E-state index in [-0.39, 0.29) is 0 Å². The zero-order valence-corrected chi connectivity index (χ0v) is 11.8. The van der Waals surface area contributed by atoms with Gasteiger partial charge in [-0.25, -0.2) is 10.8 Å². The number of nitrogens with one attached hydrogen (secondary N) is 1. The van der Waals surface area contributed by atoms with E-state index >= 15 is 0 Å². The van der Waals surface area contributed by atoms with Crippen LogP contribution in [0.1, 0.15) is 38.1 Å². The molecule has 1 aromatic carbocycles. The molecule has 18 heavy (non-hydrogen) atoms. The van der Waals surface area contributed by atoms with Crippen LogP contribution in [-0.4, -0.2) is 9.55 Å². The fourth-order valence-corrected chi connectivity index (χ4v) is 3.23. The van der Waals surface area contributed by atoms with E-state index in [2.05, 4.69) is 43.0 Å². The van der Waals surface area contributed by atoms with Crippen molar-refractivity contribution in [1.82, 2.24) is 9.55 Å². The topological polar surface area (TPSA) is 55.9 Å². The Hall–Kier alpha value is -1.07. The summed E-state index contributed by atoms with van der Waals surface area (Å²) < 4.78 is 3.31. The first-order valence-electron chi connectivity index (χ1n) is 6.43. The number of anilines is 1. The van der Waals surface area contributed by atoms with E-state index in [1.165, 1.54) is 32.1 Å². The van der Waals surface area contributed by atoms with Gasteiger partial charge in [0.15, 0.2) is 0 Å².